The van der Waals surface area contributed by atoms with Gasteiger partial charge in [0.25, 0.3) is 5.91 Å². The van der Waals surface area contributed by atoms with Crippen molar-refractivity contribution in [3.05, 3.63) is 41.1 Å². The number of rotatable bonds is 1. The summed E-state index contributed by atoms with van der Waals surface area (Å²) in [6.07, 6.45) is 1.12. The number of likely N-dealkylation sites (tertiary alicyclic amines) is 1. The molecule has 0 saturated carbocycles. The van der Waals surface area contributed by atoms with Gasteiger partial charge in [-0.2, -0.15) is 0 Å². The van der Waals surface area contributed by atoms with E-state index in [2.05, 4.69) is 23.3 Å². The third kappa shape index (κ3) is 1.79. The van der Waals surface area contributed by atoms with Crippen molar-refractivity contribution < 1.29 is 4.79 Å². The molecule has 2 aliphatic rings. The van der Waals surface area contributed by atoms with E-state index in [-0.39, 0.29) is 11.4 Å². The Hall–Kier alpha value is -1.94. The fourth-order valence-corrected chi connectivity index (χ4v) is 3.43. The molecule has 3 heterocycles. The van der Waals surface area contributed by atoms with Crippen molar-refractivity contribution in [2.75, 3.05) is 19.6 Å². The molecule has 2 fully saturated rings. The van der Waals surface area contributed by atoms with E-state index < -0.39 is 0 Å². The molecule has 4 rings (SSSR count). The van der Waals surface area contributed by atoms with Crippen molar-refractivity contribution in [3.8, 4) is 0 Å². The van der Waals surface area contributed by atoms with Crippen molar-refractivity contribution in [2.45, 2.75) is 25.8 Å². The first-order chi connectivity index (χ1) is 10.1. The SMILES string of the molecule is Cc1ccc2nc(C)cc(C(=O)N3CCC34CNC4)c2c1. The lowest BCUT2D eigenvalue weighted by molar-refractivity contribution is -0.0321. The van der Waals surface area contributed by atoms with E-state index in [4.69, 9.17) is 0 Å². The maximum absolute atomic E-state index is 13.0. The Bertz CT molecular complexity index is 744. The predicted molar refractivity (Wildman–Crippen MR) is 82.5 cm³/mol. The van der Waals surface area contributed by atoms with Crippen LogP contribution in [-0.4, -0.2) is 41.0 Å². The lowest BCUT2D eigenvalue weighted by atomic mass is 9.78. The summed E-state index contributed by atoms with van der Waals surface area (Å²) in [5.41, 5.74) is 3.85. The molecule has 0 aliphatic carbocycles. The molecule has 4 nitrogen and oxygen atoms in total. The van der Waals surface area contributed by atoms with E-state index in [0.29, 0.717) is 0 Å². The van der Waals surface area contributed by atoms with Crippen molar-refractivity contribution in [1.82, 2.24) is 15.2 Å². The number of carbonyl (C=O) groups is 1. The second-order valence-electron chi connectivity index (χ2n) is 6.37. The quantitative estimate of drug-likeness (QED) is 0.870. The zero-order chi connectivity index (χ0) is 14.6. The number of nitrogens with one attached hydrogen (secondary N) is 1. The lowest BCUT2D eigenvalue weighted by Crippen LogP contribution is -2.77. The maximum Gasteiger partial charge on any atom is 0.255 e. The maximum atomic E-state index is 13.0. The van der Waals surface area contributed by atoms with Gasteiger partial charge in [-0.1, -0.05) is 11.6 Å². The lowest BCUT2D eigenvalue weighted by Gasteiger charge is -2.58. The molecule has 21 heavy (non-hydrogen) atoms. The fourth-order valence-electron chi connectivity index (χ4n) is 3.43. The van der Waals surface area contributed by atoms with Gasteiger partial charge in [0.2, 0.25) is 0 Å². The third-order valence-electron chi connectivity index (χ3n) is 4.85. The van der Waals surface area contributed by atoms with Crippen LogP contribution in [0, 0.1) is 13.8 Å². The minimum Gasteiger partial charge on any atom is -0.330 e. The average molecular weight is 281 g/mol. The summed E-state index contributed by atoms with van der Waals surface area (Å²) in [7, 11) is 0. The molecule has 0 bridgehead atoms. The van der Waals surface area contributed by atoms with Gasteiger partial charge in [0.15, 0.2) is 0 Å². The van der Waals surface area contributed by atoms with Crippen LogP contribution < -0.4 is 5.32 Å². The highest BCUT2D eigenvalue weighted by Crippen LogP contribution is 2.36. The van der Waals surface area contributed by atoms with Crippen LogP contribution in [0.4, 0.5) is 0 Å². The number of hydrogen-bond donors (Lipinski definition) is 1. The minimum atomic E-state index is 0.0877. The molecule has 0 radical (unpaired) electrons. The highest BCUT2D eigenvalue weighted by molar-refractivity contribution is 6.07. The minimum absolute atomic E-state index is 0.0877. The zero-order valence-corrected chi connectivity index (χ0v) is 12.4. The molecule has 1 aromatic heterocycles. The summed E-state index contributed by atoms with van der Waals surface area (Å²) in [5.74, 6) is 0.156. The number of amides is 1. The number of nitrogens with zero attached hydrogens (tertiary/aromatic N) is 2. The van der Waals surface area contributed by atoms with Crippen LogP contribution in [-0.2, 0) is 0 Å². The highest BCUT2D eigenvalue weighted by atomic mass is 16.2. The monoisotopic (exact) mass is 281 g/mol. The second-order valence-corrected chi connectivity index (χ2v) is 6.37. The number of fused-ring (bicyclic) bond motifs is 1. The summed E-state index contributed by atoms with van der Waals surface area (Å²) >= 11 is 0. The second kappa shape index (κ2) is 4.28. The molecular formula is C17H19N3O. The van der Waals surface area contributed by atoms with Gasteiger partial charge < -0.3 is 10.2 Å². The Labute approximate surface area is 124 Å². The molecular weight excluding hydrogens is 262 g/mol. The van der Waals surface area contributed by atoms with E-state index in [1.807, 2.05) is 30.0 Å². The number of aryl methyl sites for hydroxylation is 2. The first-order valence-electron chi connectivity index (χ1n) is 7.50. The first-order valence-corrected chi connectivity index (χ1v) is 7.50. The number of carbonyl (C=O) groups excluding carboxylic acids is 1. The van der Waals surface area contributed by atoms with E-state index in [9.17, 15) is 4.79 Å². The molecule has 2 aromatic rings. The fraction of sp³-hybridized carbons (Fsp3) is 0.412. The van der Waals surface area contributed by atoms with Gasteiger partial charge in [-0.3, -0.25) is 9.78 Å². The first kappa shape index (κ1) is 12.8. The predicted octanol–water partition coefficient (Wildman–Crippen LogP) is 2.04. The molecule has 1 amide bonds. The van der Waals surface area contributed by atoms with Crippen LogP contribution >= 0.6 is 0 Å². The molecule has 2 aliphatic heterocycles. The number of pyridine rings is 1. The molecule has 1 N–H and O–H groups in total. The van der Waals surface area contributed by atoms with Crippen molar-refractivity contribution in [1.29, 1.82) is 0 Å². The van der Waals surface area contributed by atoms with Crippen LogP contribution in [0.15, 0.2) is 24.3 Å². The molecule has 2 saturated heterocycles. The van der Waals surface area contributed by atoms with Crippen molar-refractivity contribution in [2.24, 2.45) is 0 Å². The van der Waals surface area contributed by atoms with Gasteiger partial charge in [0.05, 0.1) is 16.6 Å². The Balaban J connectivity index is 1.82. The van der Waals surface area contributed by atoms with Crippen molar-refractivity contribution in [3.63, 3.8) is 0 Å². The normalized spacial score (nSPS) is 19.4. The van der Waals surface area contributed by atoms with Gasteiger partial charge in [-0.25, -0.2) is 0 Å². The Kier molecular flexibility index (Phi) is 2.60. The highest BCUT2D eigenvalue weighted by Gasteiger charge is 2.51. The van der Waals surface area contributed by atoms with Crippen LogP contribution in [0.3, 0.4) is 0 Å². The van der Waals surface area contributed by atoms with Gasteiger partial charge in [-0.05, 0) is 38.5 Å². The third-order valence-corrected chi connectivity index (χ3v) is 4.85. The summed E-state index contributed by atoms with van der Waals surface area (Å²) in [5, 5.41) is 4.26. The van der Waals surface area contributed by atoms with Crippen molar-refractivity contribution >= 4 is 16.8 Å². The molecule has 0 unspecified atom stereocenters. The number of benzene rings is 1. The summed E-state index contributed by atoms with van der Waals surface area (Å²) < 4.78 is 0. The summed E-state index contributed by atoms with van der Waals surface area (Å²) in [4.78, 5) is 19.6. The molecule has 108 valence electrons. The Morgan fingerprint density at radius 2 is 2.10 bits per heavy atom. The van der Waals surface area contributed by atoms with Gasteiger partial charge in [-0.15, -0.1) is 0 Å². The molecule has 0 atom stereocenters. The largest absolute Gasteiger partial charge is 0.330 e. The van der Waals surface area contributed by atoms with Gasteiger partial charge >= 0.3 is 0 Å². The van der Waals surface area contributed by atoms with Gasteiger partial charge in [0, 0.05) is 30.7 Å². The van der Waals surface area contributed by atoms with Crippen LogP contribution in [0.5, 0.6) is 0 Å². The van der Waals surface area contributed by atoms with E-state index >= 15 is 0 Å². The standard InChI is InChI=1S/C17H19N3O/c1-11-3-4-15-13(7-11)14(8-12(2)19-15)16(21)20-6-5-17(20)9-18-10-17/h3-4,7-8,18H,5-6,9-10H2,1-2H3. The van der Waals surface area contributed by atoms with E-state index in [1.165, 1.54) is 0 Å². The molecule has 4 heteroatoms. The number of aromatic nitrogens is 1. The van der Waals surface area contributed by atoms with E-state index in [1.54, 1.807) is 0 Å². The van der Waals surface area contributed by atoms with E-state index in [0.717, 1.165) is 53.8 Å². The van der Waals surface area contributed by atoms with Gasteiger partial charge in [0.1, 0.15) is 0 Å². The Morgan fingerprint density at radius 3 is 2.71 bits per heavy atom. The molecule has 1 aromatic carbocycles. The smallest absolute Gasteiger partial charge is 0.255 e. The summed E-state index contributed by atoms with van der Waals surface area (Å²) in [6.45, 7) is 6.73. The Morgan fingerprint density at radius 1 is 1.29 bits per heavy atom. The topological polar surface area (TPSA) is 45.2 Å². The molecule has 1 spiro atoms. The summed E-state index contributed by atoms with van der Waals surface area (Å²) in [6, 6.07) is 8.05. The average Bonchev–Trinajstić information content (AvgIpc) is 2.35. The van der Waals surface area contributed by atoms with Crippen LogP contribution in [0.1, 0.15) is 28.0 Å². The zero-order valence-electron chi connectivity index (χ0n) is 12.4. The van der Waals surface area contributed by atoms with Crippen LogP contribution in [0.2, 0.25) is 0 Å². The van der Waals surface area contributed by atoms with Crippen LogP contribution in [0.25, 0.3) is 10.9 Å². The number of hydrogen-bond acceptors (Lipinski definition) is 3.